The molecular formula is C23H24ClNO2. The second-order valence-electron chi connectivity index (χ2n) is 7.21. The van der Waals surface area contributed by atoms with E-state index in [1.54, 1.807) is 0 Å². The minimum absolute atomic E-state index is 0.0985. The molecule has 3 aromatic rings. The minimum Gasteiger partial charge on any atom is -0.456 e. The van der Waals surface area contributed by atoms with Crippen molar-refractivity contribution in [3.8, 4) is 0 Å². The fraction of sp³-hybridized carbons (Fsp3) is 0.348. The maximum absolute atomic E-state index is 12.2. The number of ether oxygens (including phenoxy) is 1. The van der Waals surface area contributed by atoms with Gasteiger partial charge in [0.1, 0.15) is 6.10 Å². The second kappa shape index (κ2) is 7.77. The van der Waals surface area contributed by atoms with E-state index in [9.17, 15) is 4.79 Å². The number of hydrogen-bond acceptors (Lipinski definition) is 2. The SMILES string of the molecule is CCCC(=O)OC1CCCc2c1n(Cc1ccc(Cl)cc1)c1ccccc21. The van der Waals surface area contributed by atoms with E-state index in [0.717, 1.165) is 37.3 Å². The van der Waals surface area contributed by atoms with Crippen LogP contribution in [0.4, 0.5) is 0 Å². The van der Waals surface area contributed by atoms with Crippen LogP contribution in [-0.2, 0) is 22.5 Å². The molecule has 0 fully saturated rings. The minimum atomic E-state index is -0.160. The lowest BCUT2D eigenvalue weighted by Crippen LogP contribution is -2.20. The Labute approximate surface area is 164 Å². The van der Waals surface area contributed by atoms with E-state index in [4.69, 9.17) is 16.3 Å². The van der Waals surface area contributed by atoms with Gasteiger partial charge in [0, 0.05) is 28.9 Å². The van der Waals surface area contributed by atoms with Gasteiger partial charge in [0.2, 0.25) is 0 Å². The van der Waals surface area contributed by atoms with Crippen LogP contribution in [0.3, 0.4) is 0 Å². The molecule has 0 radical (unpaired) electrons. The van der Waals surface area contributed by atoms with Crippen LogP contribution in [0, 0.1) is 0 Å². The molecule has 3 nitrogen and oxygen atoms in total. The maximum Gasteiger partial charge on any atom is 0.306 e. The van der Waals surface area contributed by atoms with Crippen molar-refractivity contribution in [2.75, 3.05) is 0 Å². The molecule has 0 spiro atoms. The fourth-order valence-electron chi connectivity index (χ4n) is 4.11. The summed E-state index contributed by atoms with van der Waals surface area (Å²) in [4.78, 5) is 12.2. The molecule has 4 rings (SSSR count). The molecule has 0 amide bonds. The number of benzene rings is 2. The van der Waals surface area contributed by atoms with Gasteiger partial charge in [-0.1, -0.05) is 48.9 Å². The van der Waals surface area contributed by atoms with Crippen molar-refractivity contribution in [2.45, 2.75) is 51.7 Å². The van der Waals surface area contributed by atoms with Gasteiger partial charge in [0.05, 0.1) is 5.69 Å². The molecule has 0 saturated heterocycles. The van der Waals surface area contributed by atoms with Crippen LogP contribution in [0.1, 0.15) is 55.5 Å². The summed E-state index contributed by atoms with van der Waals surface area (Å²) in [5.41, 5.74) is 4.89. The second-order valence-corrected chi connectivity index (χ2v) is 7.65. The summed E-state index contributed by atoms with van der Waals surface area (Å²) in [6.07, 6.45) is 4.10. The van der Waals surface area contributed by atoms with Gasteiger partial charge in [-0.15, -0.1) is 0 Å². The number of fused-ring (bicyclic) bond motifs is 3. The number of hydrogen-bond donors (Lipinski definition) is 0. The zero-order chi connectivity index (χ0) is 18.8. The molecule has 1 aliphatic rings. The number of aromatic nitrogens is 1. The van der Waals surface area contributed by atoms with E-state index in [0.29, 0.717) is 6.42 Å². The van der Waals surface area contributed by atoms with Crippen LogP contribution in [0.5, 0.6) is 0 Å². The Morgan fingerprint density at radius 3 is 2.74 bits per heavy atom. The van der Waals surface area contributed by atoms with Crippen molar-refractivity contribution in [3.05, 3.63) is 70.4 Å². The molecule has 1 atom stereocenters. The van der Waals surface area contributed by atoms with Gasteiger partial charge >= 0.3 is 5.97 Å². The van der Waals surface area contributed by atoms with Gasteiger partial charge < -0.3 is 9.30 Å². The zero-order valence-corrected chi connectivity index (χ0v) is 16.3. The molecule has 27 heavy (non-hydrogen) atoms. The highest BCUT2D eigenvalue weighted by molar-refractivity contribution is 6.30. The highest BCUT2D eigenvalue weighted by Crippen LogP contribution is 2.39. The van der Waals surface area contributed by atoms with E-state index in [-0.39, 0.29) is 12.1 Å². The van der Waals surface area contributed by atoms with Crippen molar-refractivity contribution in [2.24, 2.45) is 0 Å². The van der Waals surface area contributed by atoms with Gasteiger partial charge in [0.25, 0.3) is 0 Å². The number of esters is 1. The summed E-state index contributed by atoms with van der Waals surface area (Å²) in [5.74, 6) is -0.0985. The predicted molar refractivity (Wildman–Crippen MR) is 109 cm³/mol. The van der Waals surface area contributed by atoms with Gasteiger partial charge in [0.15, 0.2) is 0 Å². The van der Waals surface area contributed by atoms with Crippen molar-refractivity contribution >= 4 is 28.5 Å². The average molecular weight is 382 g/mol. The number of carbonyl (C=O) groups excluding carboxylic acids is 1. The van der Waals surface area contributed by atoms with Crippen LogP contribution >= 0.6 is 11.6 Å². The third kappa shape index (κ3) is 3.61. The summed E-state index contributed by atoms with van der Waals surface area (Å²) in [5, 5.41) is 2.02. The molecular weight excluding hydrogens is 358 g/mol. The number of para-hydroxylation sites is 1. The first-order valence-electron chi connectivity index (χ1n) is 9.71. The number of nitrogens with zero attached hydrogens (tertiary/aromatic N) is 1. The summed E-state index contributed by atoms with van der Waals surface area (Å²) in [7, 11) is 0. The van der Waals surface area contributed by atoms with Gasteiger partial charge in [-0.2, -0.15) is 0 Å². The van der Waals surface area contributed by atoms with E-state index in [2.05, 4.69) is 41.0 Å². The third-order valence-corrected chi connectivity index (χ3v) is 5.55. The van der Waals surface area contributed by atoms with E-state index in [1.807, 2.05) is 19.1 Å². The van der Waals surface area contributed by atoms with Gasteiger partial charge in [-0.05, 0) is 55.0 Å². The molecule has 2 aromatic carbocycles. The highest BCUT2D eigenvalue weighted by atomic mass is 35.5. The summed E-state index contributed by atoms with van der Waals surface area (Å²) in [6, 6.07) is 16.5. The Kier molecular flexibility index (Phi) is 5.22. The van der Waals surface area contributed by atoms with Crippen molar-refractivity contribution in [3.63, 3.8) is 0 Å². The average Bonchev–Trinajstić information content (AvgIpc) is 2.99. The van der Waals surface area contributed by atoms with Crippen molar-refractivity contribution in [1.82, 2.24) is 4.57 Å². The first-order valence-corrected chi connectivity index (χ1v) is 10.1. The summed E-state index contributed by atoms with van der Waals surface area (Å²) >= 11 is 6.05. The number of halogens is 1. The van der Waals surface area contributed by atoms with Crippen LogP contribution in [0.15, 0.2) is 48.5 Å². The normalized spacial score (nSPS) is 16.3. The van der Waals surface area contributed by atoms with Crippen LogP contribution in [0.2, 0.25) is 5.02 Å². The quantitative estimate of drug-likeness (QED) is 0.502. The number of aryl methyl sites for hydroxylation is 1. The van der Waals surface area contributed by atoms with Crippen LogP contribution in [0.25, 0.3) is 10.9 Å². The van der Waals surface area contributed by atoms with E-state index in [1.165, 1.54) is 27.7 Å². The molecule has 140 valence electrons. The molecule has 1 aliphatic carbocycles. The maximum atomic E-state index is 12.2. The third-order valence-electron chi connectivity index (χ3n) is 5.30. The molecule has 4 heteroatoms. The smallest absolute Gasteiger partial charge is 0.306 e. The topological polar surface area (TPSA) is 31.2 Å². The van der Waals surface area contributed by atoms with Crippen LogP contribution < -0.4 is 0 Å². The Hall–Kier alpha value is -2.26. The van der Waals surface area contributed by atoms with Gasteiger partial charge in [-0.25, -0.2) is 0 Å². The molecule has 1 heterocycles. The lowest BCUT2D eigenvalue weighted by atomic mass is 9.93. The molecule has 1 aromatic heterocycles. The zero-order valence-electron chi connectivity index (χ0n) is 15.6. The standard InChI is InChI=1S/C23H24ClNO2/c1-2-6-22(26)27-21-10-5-8-19-18-7-3-4-9-20(18)25(23(19)21)15-16-11-13-17(24)14-12-16/h3-4,7,9,11-14,21H,2,5-6,8,10,15H2,1H3. The monoisotopic (exact) mass is 381 g/mol. The Morgan fingerprint density at radius 2 is 1.96 bits per heavy atom. The Balaban J connectivity index is 1.79. The lowest BCUT2D eigenvalue weighted by Gasteiger charge is -2.26. The van der Waals surface area contributed by atoms with Crippen LogP contribution in [-0.4, -0.2) is 10.5 Å². The number of carbonyl (C=O) groups is 1. The van der Waals surface area contributed by atoms with Crippen molar-refractivity contribution in [1.29, 1.82) is 0 Å². The predicted octanol–water partition coefficient (Wildman–Crippen LogP) is 6.06. The lowest BCUT2D eigenvalue weighted by molar-refractivity contribution is -0.150. The summed E-state index contributed by atoms with van der Waals surface area (Å²) in [6.45, 7) is 2.75. The molecule has 0 N–H and O–H groups in total. The highest BCUT2D eigenvalue weighted by Gasteiger charge is 2.30. The van der Waals surface area contributed by atoms with Gasteiger partial charge in [-0.3, -0.25) is 4.79 Å². The number of rotatable bonds is 5. The van der Waals surface area contributed by atoms with Crippen molar-refractivity contribution < 1.29 is 9.53 Å². The van der Waals surface area contributed by atoms with E-state index < -0.39 is 0 Å². The first kappa shape index (κ1) is 18.1. The van der Waals surface area contributed by atoms with E-state index >= 15 is 0 Å². The summed E-state index contributed by atoms with van der Waals surface area (Å²) < 4.78 is 8.23. The first-order chi connectivity index (χ1) is 13.2. The largest absolute Gasteiger partial charge is 0.456 e. The Bertz CT molecular complexity index is 958. The fourth-order valence-corrected chi connectivity index (χ4v) is 4.23. The molecule has 0 bridgehead atoms. The molecule has 0 saturated carbocycles. The molecule has 0 aliphatic heterocycles. The molecule has 1 unspecified atom stereocenters. The Morgan fingerprint density at radius 1 is 1.19 bits per heavy atom.